The normalized spacial score (nSPS) is 11.8. The Morgan fingerprint density at radius 3 is 2.75 bits per heavy atom. The van der Waals surface area contributed by atoms with Crippen LogP contribution in [0.5, 0.6) is 0 Å². The number of rotatable bonds is 5. The monoisotopic (exact) mass is 337 g/mol. The number of carbonyl (C=O) groups is 2. The summed E-state index contributed by atoms with van der Waals surface area (Å²) < 4.78 is 0.614. The van der Waals surface area contributed by atoms with E-state index in [0.717, 1.165) is 0 Å². The molecule has 7 heteroatoms. The van der Waals surface area contributed by atoms with Gasteiger partial charge in [0.15, 0.2) is 0 Å². The third-order valence-corrected chi connectivity index (χ3v) is 3.39. The van der Waals surface area contributed by atoms with Crippen LogP contribution >= 0.6 is 15.9 Å². The Morgan fingerprint density at radius 2 is 2.15 bits per heavy atom. The molecule has 0 unspecified atom stereocenters. The Bertz CT molecular complexity index is 613. The van der Waals surface area contributed by atoms with Gasteiger partial charge in [-0.05, 0) is 28.1 Å². The van der Waals surface area contributed by atoms with Gasteiger partial charge in [0.2, 0.25) is 0 Å². The van der Waals surface area contributed by atoms with Gasteiger partial charge in [0.25, 0.3) is 5.91 Å². The van der Waals surface area contributed by atoms with Crippen molar-refractivity contribution >= 4 is 27.8 Å². The predicted octanol–water partition coefficient (Wildman–Crippen LogP) is 1.60. The van der Waals surface area contributed by atoms with E-state index >= 15 is 0 Å². The number of nitrogens with one attached hydrogen (secondary N) is 2. The standard InChI is InChI=1S/C13H12BrN3O3/c14-10-4-2-1-3-9(10)12(18)17-11(13(19)20)5-8-6-15-7-16-8/h1-4,6-7,11H,5H2,(H,15,16)(H,17,18)(H,19,20)/t11-/m1/s1. The van der Waals surface area contributed by atoms with Gasteiger partial charge in [-0.1, -0.05) is 12.1 Å². The third-order valence-electron chi connectivity index (χ3n) is 2.70. The number of carbonyl (C=O) groups excluding carboxylic acids is 1. The van der Waals surface area contributed by atoms with Crippen LogP contribution in [0.1, 0.15) is 16.1 Å². The summed E-state index contributed by atoms with van der Waals surface area (Å²) in [5.74, 6) is -1.54. The van der Waals surface area contributed by atoms with Gasteiger partial charge in [-0.3, -0.25) is 4.79 Å². The fourth-order valence-corrected chi connectivity index (χ4v) is 2.16. The summed E-state index contributed by atoms with van der Waals surface area (Å²) >= 11 is 3.26. The minimum atomic E-state index is -1.10. The molecule has 0 aliphatic heterocycles. The van der Waals surface area contributed by atoms with Gasteiger partial charge in [-0.15, -0.1) is 0 Å². The highest BCUT2D eigenvalue weighted by Gasteiger charge is 2.22. The van der Waals surface area contributed by atoms with E-state index in [1.54, 1.807) is 24.3 Å². The number of H-pyrrole nitrogens is 1. The van der Waals surface area contributed by atoms with Crippen molar-refractivity contribution in [3.63, 3.8) is 0 Å². The lowest BCUT2D eigenvalue weighted by Gasteiger charge is -2.14. The number of hydrogen-bond donors (Lipinski definition) is 3. The first kappa shape index (κ1) is 14.3. The van der Waals surface area contributed by atoms with E-state index in [0.29, 0.717) is 15.7 Å². The van der Waals surface area contributed by atoms with Crippen molar-refractivity contribution in [1.82, 2.24) is 15.3 Å². The molecule has 2 rings (SSSR count). The van der Waals surface area contributed by atoms with Crippen LogP contribution in [-0.4, -0.2) is 33.0 Å². The quantitative estimate of drug-likeness (QED) is 0.772. The van der Waals surface area contributed by atoms with Gasteiger partial charge >= 0.3 is 5.97 Å². The summed E-state index contributed by atoms with van der Waals surface area (Å²) in [7, 11) is 0. The van der Waals surface area contributed by atoms with E-state index in [9.17, 15) is 14.7 Å². The van der Waals surface area contributed by atoms with E-state index in [1.807, 2.05) is 0 Å². The second-order valence-corrected chi connectivity index (χ2v) is 4.98. The van der Waals surface area contributed by atoms with Gasteiger partial charge in [-0.25, -0.2) is 9.78 Å². The number of hydrogen-bond acceptors (Lipinski definition) is 3. The molecule has 1 atom stereocenters. The first-order valence-corrected chi connectivity index (χ1v) is 6.62. The number of benzene rings is 1. The molecule has 2 aromatic rings. The average Bonchev–Trinajstić information content (AvgIpc) is 2.91. The minimum Gasteiger partial charge on any atom is -0.480 e. The molecule has 0 aliphatic carbocycles. The number of imidazole rings is 1. The summed E-state index contributed by atoms with van der Waals surface area (Å²) in [5, 5.41) is 11.7. The summed E-state index contributed by atoms with van der Waals surface area (Å²) in [6.45, 7) is 0. The van der Waals surface area contributed by atoms with E-state index < -0.39 is 17.9 Å². The van der Waals surface area contributed by atoms with Crippen molar-refractivity contribution in [2.45, 2.75) is 12.5 Å². The Kier molecular flexibility index (Phi) is 4.52. The molecule has 6 nitrogen and oxygen atoms in total. The average molecular weight is 338 g/mol. The molecule has 0 saturated carbocycles. The van der Waals surface area contributed by atoms with Crippen LogP contribution in [0.2, 0.25) is 0 Å². The van der Waals surface area contributed by atoms with Gasteiger partial charge in [0.05, 0.1) is 11.9 Å². The first-order chi connectivity index (χ1) is 9.58. The molecular formula is C13H12BrN3O3. The van der Waals surface area contributed by atoms with Crippen molar-refractivity contribution in [2.75, 3.05) is 0 Å². The van der Waals surface area contributed by atoms with E-state index in [-0.39, 0.29) is 6.42 Å². The Hall–Kier alpha value is -2.15. The van der Waals surface area contributed by atoms with Crippen LogP contribution in [0.25, 0.3) is 0 Å². The Balaban J connectivity index is 2.10. The van der Waals surface area contributed by atoms with Crippen LogP contribution in [0, 0.1) is 0 Å². The third kappa shape index (κ3) is 3.45. The maximum Gasteiger partial charge on any atom is 0.326 e. The van der Waals surface area contributed by atoms with Crippen LogP contribution in [0.15, 0.2) is 41.3 Å². The zero-order chi connectivity index (χ0) is 14.5. The summed E-state index contributed by atoms with van der Waals surface area (Å²) in [6, 6.07) is 5.81. The van der Waals surface area contributed by atoms with Gasteiger partial charge in [0, 0.05) is 22.8 Å². The molecule has 1 aromatic heterocycles. The van der Waals surface area contributed by atoms with Crippen LogP contribution in [0.4, 0.5) is 0 Å². The van der Waals surface area contributed by atoms with Gasteiger partial charge in [-0.2, -0.15) is 0 Å². The zero-order valence-electron chi connectivity index (χ0n) is 10.3. The fourth-order valence-electron chi connectivity index (χ4n) is 1.70. The van der Waals surface area contributed by atoms with Crippen molar-refractivity contribution in [3.8, 4) is 0 Å². The second-order valence-electron chi connectivity index (χ2n) is 4.13. The van der Waals surface area contributed by atoms with Crippen LogP contribution < -0.4 is 5.32 Å². The largest absolute Gasteiger partial charge is 0.480 e. The smallest absolute Gasteiger partial charge is 0.326 e. The Labute approximate surface area is 123 Å². The molecule has 0 saturated heterocycles. The molecule has 1 amide bonds. The number of aliphatic carboxylic acids is 1. The number of aromatic amines is 1. The van der Waals surface area contributed by atoms with Crippen LogP contribution in [0.3, 0.4) is 0 Å². The SMILES string of the molecule is O=C(N[C@H](Cc1cnc[nH]1)C(=O)O)c1ccccc1Br. The van der Waals surface area contributed by atoms with Crippen molar-refractivity contribution in [1.29, 1.82) is 0 Å². The zero-order valence-corrected chi connectivity index (χ0v) is 11.9. The lowest BCUT2D eigenvalue weighted by atomic mass is 10.1. The highest BCUT2D eigenvalue weighted by molar-refractivity contribution is 9.10. The fraction of sp³-hybridized carbons (Fsp3) is 0.154. The first-order valence-electron chi connectivity index (χ1n) is 5.83. The lowest BCUT2D eigenvalue weighted by Crippen LogP contribution is -2.42. The van der Waals surface area contributed by atoms with Crippen molar-refractivity contribution in [2.24, 2.45) is 0 Å². The van der Waals surface area contributed by atoms with Gasteiger partial charge < -0.3 is 15.4 Å². The topological polar surface area (TPSA) is 95.1 Å². The number of amides is 1. The second kappa shape index (κ2) is 6.33. The van der Waals surface area contributed by atoms with Gasteiger partial charge in [0.1, 0.15) is 6.04 Å². The number of aromatic nitrogens is 2. The van der Waals surface area contributed by atoms with Crippen molar-refractivity contribution < 1.29 is 14.7 Å². The van der Waals surface area contributed by atoms with E-state index in [2.05, 4.69) is 31.2 Å². The van der Waals surface area contributed by atoms with Crippen molar-refractivity contribution in [3.05, 3.63) is 52.5 Å². The summed E-state index contributed by atoms with van der Waals surface area (Å²) in [4.78, 5) is 29.9. The highest BCUT2D eigenvalue weighted by Crippen LogP contribution is 2.15. The van der Waals surface area contributed by atoms with E-state index in [1.165, 1.54) is 12.5 Å². The number of halogens is 1. The van der Waals surface area contributed by atoms with E-state index in [4.69, 9.17) is 0 Å². The lowest BCUT2D eigenvalue weighted by molar-refractivity contribution is -0.139. The molecule has 0 fully saturated rings. The number of nitrogens with zero attached hydrogens (tertiary/aromatic N) is 1. The summed E-state index contributed by atoms with van der Waals surface area (Å²) in [5.41, 5.74) is 1.04. The maximum absolute atomic E-state index is 12.1. The molecule has 104 valence electrons. The number of carboxylic acids is 1. The molecule has 0 radical (unpaired) electrons. The molecule has 1 heterocycles. The highest BCUT2D eigenvalue weighted by atomic mass is 79.9. The molecule has 3 N–H and O–H groups in total. The number of carboxylic acid groups (broad SMARTS) is 1. The minimum absolute atomic E-state index is 0.144. The molecule has 0 spiro atoms. The predicted molar refractivity (Wildman–Crippen MR) is 75.3 cm³/mol. The van der Waals surface area contributed by atoms with Crippen LogP contribution in [-0.2, 0) is 11.2 Å². The maximum atomic E-state index is 12.1. The molecule has 0 aliphatic rings. The molecule has 0 bridgehead atoms. The summed E-state index contributed by atoms with van der Waals surface area (Å²) in [6.07, 6.45) is 3.13. The molecular weight excluding hydrogens is 326 g/mol. The molecule has 1 aromatic carbocycles. The molecule has 20 heavy (non-hydrogen) atoms. The Morgan fingerprint density at radius 1 is 1.40 bits per heavy atom.